The van der Waals surface area contributed by atoms with Gasteiger partial charge in [-0.15, -0.1) is 0 Å². The van der Waals surface area contributed by atoms with Crippen molar-refractivity contribution in [3.8, 4) is 0 Å². The Morgan fingerprint density at radius 2 is 1.97 bits per heavy atom. The summed E-state index contributed by atoms with van der Waals surface area (Å²) in [6.45, 7) is 3.52. The van der Waals surface area contributed by atoms with Gasteiger partial charge < -0.3 is 5.11 Å². The average Bonchev–Trinajstić information content (AvgIpc) is 3.20. The fourth-order valence-electron chi connectivity index (χ4n) is 3.45. The van der Waals surface area contributed by atoms with Gasteiger partial charge in [-0.2, -0.15) is 0 Å². The topological polar surface area (TPSA) is 70.5 Å². The maximum absolute atomic E-state index is 13.6. The number of amides is 1. The number of aliphatic hydroxyl groups is 1. The number of ketones is 1. The number of carbonyl (C=O) groups excluding carboxylic acids is 2. The molecule has 29 heavy (non-hydrogen) atoms. The number of aryl methyl sites for hydroxylation is 1. The predicted octanol–water partition coefficient (Wildman–Crippen LogP) is 4.76. The first-order chi connectivity index (χ1) is 13.8. The van der Waals surface area contributed by atoms with E-state index in [0.29, 0.717) is 10.3 Å². The number of aromatic nitrogens is 1. The number of Topliss-reactive ketones (excluding diaryl/α,β-unsaturated/α-hetero) is 1. The van der Waals surface area contributed by atoms with Crippen molar-refractivity contribution in [2.45, 2.75) is 26.3 Å². The van der Waals surface area contributed by atoms with E-state index < -0.39 is 29.3 Å². The maximum atomic E-state index is 13.6. The highest BCUT2D eigenvalue weighted by Crippen LogP contribution is 2.44. The number of hydrogen-bond acceptors (Lipinski definition) is 5. The van der Waals surface area contributed by atoms with Gasteiger partial charge in [0.1, 0.15) is 0 Å². The fourth-order valence-corrected chi connectivity index (χ4v) is 4.45. The molecule has 4 rings (SSSR count). The van der Waals surface area contributed by atoms with Crippen LogP contribution >= 0.6 is 11.3 Å². The summed E-state index contributed by atoms with van der Waals surface area (Å²) in [5.74, 6) is -3.81. The number of aliphatic hydroxyl groups excluding tert-OH is 1. The monoisotopic (exact) mass is 414 g/mol. The van der Waals surface area contributed by atoms with Gasteiger partial charge in [0.15, 0.2) is 28.3 Å². The Balaban J connectivity index is 1.91. The van der Waals surface area contributed by atoms with Crippen molar-refractivity contribution >= 4 is 38.4 Å². The minimum Gasteiger partial charge on any atom is -0.503 e. The van der Waals surface area contributed by atoms with Crippen molar-refractivity contribution in [2.75, 3.05) is 4.90 Å². The maximum Gasteiger partial charge on any atom is 0.296 e. The van der Waals surface area contributed by atoms with E-state index in [0.717, 1.165) is 29.0 Å². The molecule has 0 saturated carbocycles. The molecular weight excluding hydrogens is 398 g/mol. The van der Waals surface area contributed by atoms with Crippen LogP contribution in [0.2, 0.25) is 0 Å². The molecule has 1 aromatic heterocycles. The van der Waals surface area contributed by atoms with Crippen LogP contribution in [0.25, 0.3) is 10.2 Å². The molecule has 0 bridgehead atoms. The molecule has 1 aliphatic heterocycles. The number of nitrogens with zero attached hydrogens (tertiary/aromatic N) is 2. The Morgan fingerprint density at radius 3 is 2.66 bits per heavy atom. The summed E-state index contributed by atoms with van der Waals surface area (Å²) in [5, 5.41) is 10.6. The summed E-state index contributed by atoms with van der Waals surface area (Å²) in [5.41, 5.74) is 1.74. The lowest BCUT2D eigenvalue weighted by molar-refractivity contribution is -0.118. The smallest absolute Gasteiger partial charge is 0.296 e. The third kappa shape index (κ3) is 3.09. The second-order valence-electron chi connectivity index (χ2n) is 6.76. The Kier molecular flexibility index (Phi) is 4.66. The minimum absolute atomic E-state index is 0.000262. The van der Waals surface area contributed by atoms with Crippen LogP contribution in [-0.2, 0) is 9.59 Å². The van der Waals surface area contributed by atoms with Crippen molar-refractivity contribution < 1.29 is 23.5 Å². The van der Waals surface area contributed by atoms with Gasteiger partial charge in [0, 0.05) is 12.5 Å². The van der Waals surface area contributed by atoms with Crippen molar-refractivity contribution in [1.29, 1.82) is 0 Å². The standard InChI is InChI=1S/C21H16F2N2O3S/c1-3-15(26)17-18(11-6-4-5-10(2)7-11)25(20(28)19(17)27)21-24-14-8-12(22)13(23)9-16(14)29-21/h4-9,18,27H,3H2,1-2H3. The van der Waals surface area contributed by atoms with Crippen molar-refractivity contribution in [3.05, 3.63) is 70.5 Å². The summed E-state index contributed by atoms with van der Waals surface area (Å²) in [7, 11) is 0. The second-order valence-corrected chi connectivity index (χ2v) is 7.77. The van der Waals surface area contributed by atoms with E-state index in [2.05, 4.69) is 4.98 Å². The molecular formula is C21H16F2N2O3S. The van der Waals surface area contributed by atoms with Gasteiger partial charge in [0.05, 0.1) is 21.8 Å². The molecule has 1 N–H and O–H groups in total. The van der Waals surface area contributed by atoms with Crippen molar-refractivity contribution in [3.63, 3.8) is 0 Å². The highest BCUT2D eigenvalue weighted by molar-refractivity contribution is 7.22. The first kappa shape index (κ1) is 19.2. The van der Waals surface area contributed by atoms with Crippen LogP contribution in [-0.4, -0.2) is 21.8 Å². The first-order valence-corrected chi connectivity index (χ1v) is 9.75. The zero-order chi connectivity index (χ0) is 20.9. The lowest BCUT2D eigenvalue weighted by Gasteiger charge is -2.24. The Bertz CT molecular complexity index is 1160. The van der Waals surface area contributed by atoms with E-state index in [1.165, 1.54) is 4.90 Å². The van der Waals surface area contributed by atoms with Gasteiger partial charge in [-0.1, -0.05) is 48.1 Å². The zero-order valence-corrected chi connectivity index (χ0v) is 16.4. The predicted molar refractivity (Wildman–Crippen MR) is 106 cm³/mol. The normalized spacial score (nSPS) is 16.9. The zero-order valence-electron chi connectivity index (χ0n) is 15.6. The molecule has 2 heterocycles. The molecule has 1 unspecified atom stereocenters. The molecule has 5 nitrogen and oxygen atoms in total. The van der Waals surface area contributed by atoms with Gasteiger partial charge in [-0.05, 0) is 18.6 Å². The largest absolute Gasteiger partial charge is 0.503 e. The number of carbonyl (C=O) groups is 2. The molecule has 1 aliphatic rings. The van der Waals surface area contributed by atoms with Gasteiger partial charge >= 0.3 is 0 Å². The van der Waals surface area contributed by atoms with Gasteiger partial charge in [-0.3, -0.25) is 14.5 Å². The van der Waals surface area contributed by atoms with E-state index in [9.17, 15) is 23.5 Å². The number of rotatable bonds is 4. The minimum atomic E-state index is -1.04. The molecule has 2 aromatic carbocycles. The highest BCUT2D eigenvalue weighted by atomic mass is 32.1. The molecule has 1 amide bonds. The number of benzene rings is 2. The lowest BCUT2D eigenvalue weighted by atomic mass is 9.94. The molecule has 8 heteroatoms. The van der Waals surface area contributed by atoms with Gasteiger partial charge in [0.2, 0.25) is 0 Å². The second kappa shape index (κ2) is 7.04. The molecule has 148 valence electrons. The first-order valence-electron chi connectivity index (χ1n) is 8.93. The summed E-state index contributed by atoms with van der Waals surface area (Å²) in [4.78, 5) is 30.9. The molecule has 0 radical (unpaired) electrons. The van der Waals surface area contributed by atoms with E-state index in [1.807, 2.05) is 19.1 Å². The van der Waals surface area contributed by atoms with E-state index in [4.69, 9.17) is 0 Å². The van der Waals surface area contributed by atoms with Gasteiger partial charge in [0.25, 0.3) is 5.91 Å². The third-order valence-electron chi connectivity index (χ3n) is 4.81. The van der Waals surface area contributed by atoms with Crippen LogP contribution < -0.4 is 4.90 Å². The summed E-state index contributed by atoms with van der Waals surface area (Å²) >= 11 is 0.985. The van der Waals surface area contributed by atoms with E-state index in [1.54, 1.807) is 19.1 Å². The number of halogens is 2. The molecule has 0 aliphatic carbocycles. The fraction of sp³-hybridized carbons (Fsp3) is 0.190. The van der Waals surface area contributed by atoms with E-state index in [-0.39, 0.29) is 28.4 Å². The Labute approximate surface area is 168 Å². The lowest BCUT2D eigenvalue weighted by Crippen LogP contribution is -2.30. The number of hydrogen-bond donors (Lipinski definition) is 1. The van der Waals surface area contributed by atoms with Crippen LogP contribution in [0.3, 0.4) is 0 Å². The third-order valence-corrected chi connectivity index (χ3v) is 5.83. The van der Waals surface area contributed by atoms with Crippen LogP contribution in [0, 0.1) is 18.6 Å². The summed E-state index contributed by atoms with van der Waals surface area (Å²) in [6.07, 6.45) is 0.110. The molecule has 0 saturated heterocycles. The van der Waals surface area contributed by atoms with E-state index >= 15 is 0 Å². The SMILES string of the molecule is CCC(=O)C1=C(O)C(=O)N(c2nc3cc(F)c(F)cc3s2)C1c1cccc(C)c1. The molecule has 0 fully saturated rings. The summed E-state index contributed by atoms with van der Waals surface area (Å²) in [6, 6.07) is 8.34. The number of anilines is 1. The summed E-state index contributed by atoms with van der Waals surface area (Å²) < 4.78 is 27.5. The van der Waals surface area contributed by atoms with Gasteiger partial charge in [-0.25, -0.2) is 13.8 Å². The molecule has 1 atom stereocenters. The Morgan fingerprint density at radius 1 is 1.24 bits per heavy atom. The highest BCUT2D eigenvalue weighted by Gasteiger charge is 2.45. The molecule has 0 spiro atoms. The number of fused-ring (bicyclic) bond motifs is 1. The quantitative estimate of drug-likeness (QED) is 0.668. The average molecular weight is 414 g/mol. The van der Waals surface area contributed by atoms with Crippen molar-refractivity contribution in [1.82, 2.24) is 4.98 Å². The van der Waals surface area contributed by atoms with Crippen LogP contribution in [0.15, 0.2) is 47.7 Å². The van der Waals surface area contributed by atoms with Crippen LogP contribution in [0.1, 0.15) is 30.5 Å². The number of thiazole rings is 1. The Hall–Kier alpha value is -3.13. The van der Waals surface area contributed by atoms with Crippen molar-refractivity contribution in [2.24, 2.45) is 0 Å². The van der Waals surface area contributed by atoms with Crippen LogP contribution in [0.4, 0.5) is 13.9 Å². The molecule has 3 aromatic rings. The van der Waals surface area contributed by atoms with Crippen LogP contribution in [0.5, 0.6) is 0 Å².